The van der Waals surface area contributed by atoms with E-state index in [1.807, 2.05) is 13.0 Å². The number of hydrogen-bond acceptors (Lipinski definition) is 1. The van der Waals surface area contributed by atoms with Crippen molar-refractivity contribution in [3.05, 3.63) is 35.2 Å². The summed E-state index contributed by atoms with van der Waals surface area (Å²) in [5, 5.41) is 0. The van der Waals surface area contributed by atoms with E-state index in [-0.39, 0.29) is 0 Å². The lowest BCUT2D eigenvalue weighted by Gasteiger charge is -2.17. The van der Waals surface area contributed by atoms with Crippen LogP contribution in [0.25, 0.3) is 0 Å². The van der Waals surface area contributed by atoms with E-state index in [1.165, 1.54) is 5.69 Å². The minimum Gasteiger partial charge on any atom is -0.345 e. The van der Waals surface area contributed by atoms with E-state index >= 15 is 0 Å². The Balaban J connectivity index is 2.41. The van der Waals surface area contributed by atoms with Crippen molar-refractivity contribution in [1.29, 1.82) is 0 Å². The van der Waals surface area contributed by atoms with Crippen LogP contribution in [0.3, 0.4) is 0 Å². The molecule has 0 N–H and O–H groups in total. The Labute approximate surface area is 84.2 Å². The van der Waals surface area contributed by atoms with Crippen molar-refractivity contribution in [1.82, 2.24) is 4.57 Å². The van der Waals surface area contributed by atoms with Gasteiger partial charge in [-0.1, -0.05) is 12.2 Å². The summed E-state index contributed by atoms with van der Waals surface area (Å²) >= 11 is 0. The predicted octanol–water partition coefficient (Wildman–Crippen LogP) is 2.81. The molecule has 0 saturated heterocycles. The molecule has 1 heterocycles. The fourth-order valence-corrected chi connectivity index (χ4v) is 2.30. The number of aromatic nitrogens is 1. The summed E-state index contributed by atoms with van der Waals surface area (Å²) in [6.45, 7) is 4.09. The van der Waals surface area contributed by atoms with E-state index in [2.05, 4.69) is 23.6 Å². The first-order valence-electron chi connectivity index (χ1n) is 5.02. The van der Waals surface area contributed by atoms with Gasteiger partial charge in [0.25, 0.3) is 0 Å². The van der Waals surface area contributed by atoms with Gasteiger partial charge in [0.05, 0.1) is 0 Å². The second kappa shape index (κ2) is 3.45. The number of carbonyl (C=O) groups is 1. The Hall–Kier alpha value is -1.31. The molecule has 0 saturated carbocycles. The Morgan fingerprint density at radius 1 is 1.36 bits per heavy atom. The summed E-state index contributed by atoms with van der Waals surface area (Å²) in [7, 11) is 0. The molecule has 2 rings (SSSR count). The van der Waals surface area contributed by atoms with E-state index in [0.717, 1.165) is 30.4 Å². The van der Waals surface area contributed by atoms with Crippen molar-refractivity contribution in [2.24, 2.45) is 0 Å². The number of aryl methyl sites for hydroxylation is 1. The van der Waals surface area contributed by atoms with Crippen molar-refractivity contribution in [2.45, 2.75) is 32.7 Å². The molecule has 1 aliphatic rings. The summed E-state index contributed by atoms with van der Waals surface area (Å²) in [6.07, 6.45) is 7.55. The van der Waals surface area contributed by atoms with Gasteiger partial charge >= 0.3 is 0 Å². The summed E-state index contributed by atoms with van der Waals surface area (Å²) in [4.78, 5) is 10.8. The van der Waals surface area contributed by atoms with Crippen molar-refractivity contribution < 1.29 is 4.79 Å². The lowest BCUT2D eigenvalue weighted by Crippen LogP contribution is -2.08. The van der Waals surface area contributed by atoms with E-state index in [1.54, 1.807) is 0 Å². The van der Waals surface area contributed by atoms with Crippen molar-refractivity contribution in [3.8, 4) is 0 Å². The zero-order valence-electron chi connectivity index (χ0n) is 8.66. The van der Waals surface area contributed by atoms with Crippen LogP contribution in [0.5, 0.6) is 0 Å². The number of carbonyl (C=O) groups excluding carboxylic acids is 1. The van der Waals surface area contributed by atoms with E-state index in [4.69, 9.17) is 0 Å². The standard InChI is InChI=1S/C12H15NO/c1-9-7-11(8-14)10(2)13(9)12-5-3-4-6-12/h3-4,7-8,12H,5-6H2,1-2H3. The average Bonchev–Trinajstić information content (AvgIpc) is 2.74. The molecule has 0 unspecified atom stereocenters. The Morgan fingerprint density at radius 3 is 2.50 bits per heavy atom. The van der Waals surface area contributed by atoms with Crippen LogP contribution in [0.4, 0.5) is 0 Å². The molecule has 2 nitrogen and oxygen atoms in total. The third kappa shape index (κ3) is 1.31. The minimum absolute atomic E-state index is 0.531. The van der Waals surface area contributed by atoms with Gasteiger partial charge in [0.15, 0.2) is 6.29 Å². The lowest BCUT2D eigenvalue weighted by atomic mass is 10.2. The van der Waals surface area contributed by atoms with Gasteiger partial charge in [-0.3, -0.25) is 4.79 Å². The largest absolute Gasteiger partial charge is 0.345 e. The first kappa shape index (κ1) is 9.25. The van der Waals surface area contributed by atoms with Gasteiger partial charge in [0, 0.05) is 23.0 Å². The second-order valence-electron chi connectivity index (χ2n) is 3.91. The van der Waals surface area contributed by atoms with Crippen LogP contribution in [0, 0.1) is 13.8 Å². The molecule has 0 bridgehead atoms. The maximum atomic E-state index is 10.8. The Kier molecular flexibility index (Phi) is 2.28. The third-order valence-electron chi connectivity index (χ3n) is 3.00. The van der Waals surface area contributed by atoms with E-state index in [0.29, 0.717) is 6.04 Å². The van der Waals surface area contributed by atoms with E-state index in [9.17, 15) is 4.79 Å². The van der Waals surface area contributed by atoms with Gasteiger partial charge < -0.3 is 4.57 Å². The smallest absolute Gasteiger partial charge is 0.151 e. The molecule has 2 heteroatoms. The highest BCUT2D eigenvalue weighted by atomic mass is 16.1. The van der Waals surface area contributed by atoms with Crippen molar-refractivity contribution in [3.63, 3.8) is 0 Å². The lowest BCUT2D eigenvalue weighted by molar-refractivity contribution is 0.112. The van der Waals surface area contributed by atoms with Gasteiger partial charge in [-0.25, -0.2) is 0 Å². The topological polar surface area (TPSA) is 22.0 Å². The molecular weight excluding hydrogens is 174 g/mol. The zero-order chi connectivity index (χ0) is 10.1. The summed E-state index contributed by atoms with van der Waals surface area (Å²) in [5.74, 6) is 0. The molecule has 14 heavy (non-hydrogen) atoms. The highest BCUT2D eigenvalue weighted by Crippen LogP contribution is 2.28. The SMILES string of the molecule is Cc1cc(C=O)c(C)n1C1CC=CC1. The summed E-state index contributed by atoms with van der Waals surface area (Å²) in [6, 6.07) is 2.50. The molecular formula is C12H15NO. The third-order valence-corrected chi connectivity index (χ3v) is 3.00. The van der Waals surface area contributed by atoms with Crippen LogP contribution < -0.4 is 0 Å². The highest BCUT2D eigenvalue weighted by molar-refractivity contribution is 5.77. The normalized spacial score (nSPS) is 16.4. The van der Waals surface area contributed by atoms with Crippen molar-refractivity contribution >= 4 is 6.29 Å². The van der Waals surface area contributed by atoms with Gasteiger partial charge in [-0.15, -0.1) is 0 Å². The molecule has 0 aliphatic heterocycles. The van der Waals surface area contributed by atoms with Crippen LogP contribution in [0.15, 0.2) is 18.2 Å². The number of allylic oxidation sites excluding steroid dienone is 2. The molecule has 0 fully saturated rings. The molecule has 0 atom stereocenters. The second-order valence-corrected chi connectivity index (χ2v) is 3.91. The number of rotatable bonds is 2. The fourth-order valence-electron chi connectivity index (χ4n) is 2.30. The Bertz CT molecular complexity index is 379. The Morgan fingerprint density at radius 2 is 2.00 bits per heavy atom. The average molecular weight is 189 g/mol. The molecule has 1 aliphatic carbocycles. The van der Waals surface area contributed by atoms with Crippen LogP contribution in [-0.4, -0.2) is 10.9 Å². The van der Waals surface area contributed by atoms with Crippen LogP contribution >= 0.6 is 0 Å². The number of hydrogen-bond donors (Lipinski definition) is 0. The minimum atomic E-state index is 0.531. The number of aldehydes is 1. The number of nitrogens with zero attached hydrogens (tertiary/aromatic N) is 1. The first-order valence-corrected chi connectivity index (χ1v) is 5.02. The fraction of sp³-hybridized carbons (Fsp3) is 0.417. The maximum absolute atomic E-state index is 10.8. The molecule has 0 amide bonds. The highest BCUT2D eigenvalue weighted by Gasteiger charge is 2.17. The van der Waals surface area contributed by atoms with Crippen LogP contribution in [0.1, 0.15) is 40.6 Å². The van der Waals surface area contributed by atoms with Gasteiger partial charge in [0.1, 0.15) is 0 Å². The van der Waals surface area contributed by atoms with Gasteiger partial charge in [-0.05, 0) is 32.8 Å². The molecule has 1 aromatic heterocycles. The molecule has 0 aromatic carbocycles. The van der Waals surface area contributed by atoms with Crippen molar-refractivity contribution in [2.75, 3.05) is 0 Å². The molecule has 0 radical (unpaired) electrons. The monoisotopic (exact) mass is 189 g/mol. The summed E-state index contributed by atoms with van der Waals surface area (Å²) < 4.78 is 2.28. The predicted molar refractivity (Wildman–Crippen MR) is 56.7 cm³/mol. The maximum Gasteiger partial charge on any atom is 0.151 e. The molecule has 1 aromatic rings. The van der Waals surface area contributed by atoms with E-state index < -0.39 is 0 Å². The molecule has 74 valence electrons. The van der Waals surface area contributed by atoms with Gasteiger partial charge in [0.2, 0.25) is 0 Å². The van der Waals surface area contributed by atoms with Gasteiger partial charge in [-0.2, -0.15) is 0 Å². The zero-order valence-corrected chi connectivity index (χ0v) is 8.66. The van der Waals surface area contributed by atoms with Crippen LogP contribution in [0.2, 0.25) is 0 Å². The van der Waals surface area contributed by atoms with Crippen LogP contribution in [-0.2, 0) is 0 Å². The molecule has 0 spiro atoms. The quantitative estimate of drug-likeness (QED) is 0.518. The summed E-state index contributed by atoms with van der Waals surface area (Å²) in [5.41, 5.74) is 3.12. The first-order chi connectivity index (χ1) is 6.74.